The van der Waals surface area contributed by atoms with Crippen LogP contribution in [0.25, 0.3) is 0 Å². The number of carbonyl (C=O) groups excluding carboxylic acids is 1. The molecule has 0 aromatic heterocycles. The molecule has 4 nitrogen and oxygen atoms in total. The Hall–Kier alpha value is -0.610. The minimum absolute atomic E-state index is 0.207. The van der Waals surface area contributed by atoms with Gasteiger partial charge in [-0.25, -0.2) is 0 Å². The molecule has 0 N–H and O–H groups in total. The fraction of sp³-hybridized carbons (Fsp3) is 0.929. The molecule has 0 saturated carbocycles. The quantitative estimate of drug-likeness (QED) is 0.746. The smallest absolute Gasteiger partial charge is 0.253 e. The molecule has 2 rings (SSSR count). The molecule has 2 aliphatic heterocycles. The molecule has 104 valence electrons. The Morgan fingerprint density at radius 2 is 2.11 bits per heavy atom. The molecule has 0 aromatic rings. The molecule has 2 heterocycles. The molecule has 0 aromatic carbocycles. The standard InChI is InChI=1S/C14H26N2O2/c1-3-12-5-4-7-16(8-6-12)14(17)13-11-15(2)9-10-18-13/h12-13H,3-11H2,1-2H3. The van der Waals surface area contributed by atoms with E-state index in [1.54, 1.807) is 0 Å². The molecule has 2 saturated heterocycles. The van der Waals surface area contributed by atoms with Crippen LogP contribution < -0.4 is 0 Å². The second-order valence-electron chi connectivity index (χ2n) is 5.65. The lowest BCUT2D eigenvalue weighted by molar-refractivity contribution is -0.148. The Morgan fingerprint density at radius 3 is 2.83 bits per heavy atom. The average molecular weight is 254 g/mol. The summed E-state index contributed by atoms with van der Waals surface area (Å²) in [7, 11) is 2.05. The Kier molecular flexibility index (Phi) is 5.01. The van der Waals surface area contributed by atoms with Crippen molar-refractivity contribution < 1.29 is 9.53 Å². The lowest BCUT2D eigenvalue weighted by Crippen LogP contribution is -2.50. The number of likely N-dealkylation sites (N-methyl/N-ethyl adjacent to an activating group) is 1. The molecule has 2 unspecified atom stereocenters. The zero-order valence-corrected chi connectivity index (χ0v) is 11.7. The number of hydrogen-bond acceptors (Lipinski definition) is 3. The van der Waals surface area contributed by atoms with Gasteiger partial charge in [0.05, 0.1) is 6.61 Å². The molecule has 0 bridgehead atoms. The Morgan fingerprint density at radius 1 is 1.28 bits per heavy atom. The molecule has 4 heteroatoms. The monoisotopic (exact) mass is 254 g/mol. The van der Waals surface area contributed by atoms with Gasteiger partial charge in [-0.1, -0.05) is 13.3 Å². The van der Waals surface area contributed by atoms with Crippen molar-refractivity contribution in [2.24, 2.45) is 5.92 Å². The predicted octanol–water partition coefficient (Wildman–Crippen LogP) is 1.36. The molecule has 2 fully saturated rings. The van der Waals surface area contributed by atoms with Crippen LogP contribution in [0.2, 0.25) is 0 Å². The van der Waals surface area contributed by atoms with Gasteiger partial charge in [-0.05, 0) is 32.2 Å². The van der Waals surface area contributed by atoms with E-state index in [0.29, 0.717) is 6.61 Å². The maximum atomic E-state index is 12.4. The number of rotatable bonds is 2. The largest absolute Gasteiger partial charge is 0.366 e. The van der Waals surface area contributed by atoms with Crippen molar-refractivity contribution in [3.05, 3.63) is 0 Å². The van der Waals surface area contributed by atoms with Gasteiger partial charge in [0.15, 0.2) is 0 Å². The van der Waals surface area contributed by atoms with Gasteiger partial charge >= 0.3 is 0 Å². The lowest BCUT2D eigenvalue weighted by Gasteiger charge is -2.32. The molecular formula is C14H26N2O2. The number of nitrogens with zero attached hydrogens (tertiary/aromatic N) is 2. The summed E-state index contributed by atoms with van der Waals surface area (Å²) < 4.78 is 5.62. The fourth-order valence-electron chi connectivity index (χ4n) is 2.92. The van der Waals surface area contributed by atoms with E-state index in [1.165, 1.54) is 12.8 Å². The van der Waals surface area contributed by atoms with Crippen LogP contribution in [-0.4, -0.2) is 61.6 Å². The number of carbonyl (C=O) groups is 1. The highest BCUT2D eigenvalue weighted by molar-refractivity contribution is 5.81. The predicted molar refractivity (Wildman–Crippen MR) is 71.4 cm³/mol. The summed E-state index contributed by atoms with van der Waals surface area (Å²) in [5.74, 6) is 1.01. The van der Waals surface area contributed by atoms with Gasteiger partial charge in [0, 0.05) is 26.2 Å². The van der Waals surface area contributed by atoms with Crippen LogP contribution in [0.4, 0.5) is 0 Å². The van der Waals surface area contributed by atoms with Crippen LogP contribution in [0.3, 0.4) is 0 Å². The van der Waals surface area contributed by atoms with Crippen LogP contribution in [0.5, 0.6) is 0 Å². The van der Waals surface area contributed by atoms with Gasteiger partial charge in [-0.2, -0.15) is 0 Å². The van der Waals surface area contributed by atoms with E-state index in [1.807, 2.05) is 4.90 Å². The third kappa shape index (κ3) is 3.45. The summed E-state index contributed by atoms with van der Waals surface area (Å²) in [6.45, 7) is 6.44. The van der Waals surface area contributed by atoms with E-state index in [4.69, 9.17) is 4.74 Å². The Balaban J connectivity index is 1.88. The zero-order valence-electron chi connectivity index (χ0n) is 11.7. The van der Waals surface area contributed by atoms with Crippen LogP contribution in [0, 0.1) is 5.92 Å². The van der Waals surface area contributed by atoms with Gasteiger partial charge in [-0.3, -0.25) is 4.79 Å². The summed E-state index contributed by atoms with van der Waals surface area (Å²) >= 11 is 0. The lowest BCUT2D eigenvalue weighted by atomic mass is 9.98. The minimum Gasteiger partial charge on any atom is -0.366 e. The van der Waals surface area contributed by atoms with Gasteiger partial charge < -0.3 is 14.5 Å². The molecular weight excluding hydrogens is 228 g/mol. The molecule has 18 heavy (non-hydrogen) atoms. The summed E-state index contributed by atoms with van der Waals surface area (Å²) in [5.41, 5.74) is 0. The van der Waals surface area contributed by atoms with Crippen molar-refractivity contribution in [3.63, 3.8) is 0 Å². The maximum absolute atomic E-state index is 12.4. The first kappa shape index (κ1) is 13.8. The molecule has 1 amide bonds. The van der Waals surface area contributed by atoms with Crippen molar-refractivity contribution in [3.8, 4) is 0 Å². The first-order valence-corrected chi connectivity index (χ1v) is 7.29. The van der Waals surface area contributed by atoms with Crippen LogP contribution >= 0.6 is 0 Å². The van der Waals surface area contributed by atoms with E-state index >= 15 is 0 Å². The van der Waals surface area contributed by atoms with E-state index in [0.717, 1.165) is 44.9 Å². The molecule has 2 aliphatic rings. The first-order chi connectivity index (χ1) is 8.70. The highest BCUT2D eigenvalue weighted by atomic mass is 16.5. The van der Waals surface area contributed by atoms with E-state index in [9.17, 15) is 4.79 Å². The number of ether oxygens (including phenoxy) is 1. The molecule has 0 radical (unpaired) electrons. The van der Waals surface area contributed by atoms with Gasteiger partial charge in [0.1, 0.15) is 6.10 Å². The van der Waals surface area contributed by atoms with Crippen LogP contribution in [-0.2, 0) is 9.53 Å². The van der Waals surface area contributed by atoms with Crippen molar-refractivity contribution in [2.45, 2.75) is 38.7 Å². The van der Waals surface area contributed by atoms with Crippen molar-refractivity contribution in [2.75, 3.05) is 39.8 Å². The van der Waals surface area contributed by atoms with Crippen LogP contribution in [0.15, 0.2) is 0 Å². The van der Waals surface area contributed by atoms with Crippen molar-refractivity contribution in [1.82, 2.24) is 9.80 Å². The van der Waals surface area contributed by atoms with Crippen LogP contribution in [0.1, 0.15) is 32.6 Å². The van der Waals surface area contributed by atoms with Crippen molar-refractivity contribution in [1.29, 1.82) is 0 Å². The van der Waals surface area contributed by atoms with E-state index in [-0.39, 0.29) is 12.0 Å². The first-order valence-electron chi connectivity index (χ1n) is 7.29. The summed E-state index contributed by atoms with van der Waals surface area (Å²) in [5, 5.41) is 0. The summed E-state index contributed by atoms with van der Waals surface area (Å²) in [4.78, 5) is 16.6. The normalized spacial score (nSPS) is 31.1. The second-order valence-corrected chi connectivity index (χ2v) is 5.65. The highest BCUT2D eigenvalue weighted by Crippen LogP contribution is 2.21. The van der Waals surface area contributed by atoms with Gasteiger partial charge in [-0.15, -0.1) is 0 Å². The maximum Gasteiger partial charge on any atom is 0.253 e. The number of amides is 1. The van der Waals surface area contributed by atoms with E-state index in [2.05, 4.69) is 18.9 Å². The molecule has 2 atom stereocenters. The fourth-order valence-corrected chi connectivity index (χ4v) is 2.92. The number of morpholine rings is 1. The van der Waals surface area contributed by atoms with Crippen molar-refractivity contribution >= 4 is 5.91 Å². The molecule has 0 aliphatic carbocycles. The Labute approximate surface area is 110 Å². The Bertz CT molecular complexity index is 283. The number of hydrogen-bond donors (Lipinski definition) is 0. The zero-order chi connectivity index (χ0) is 13.0. The third-order valence-corrected chi connectivity index (χ3v) is 4.28. The topological polar surface area (TPSA) is 32.8 Å². The van der Waals surface area contributed by atoms with Gasteiger partial charge in [0.25, 0.3) is 5.91 Å². The highest BCUT2D eigenvalue weighted by Gasteiger charge is 2.30. The number of likely N-dealkylation sites (tertiary alicyclic amines) is 1. The second kappa shape index (κ2) is 6.53. The SMILES string of the molecule is CCC1CCCN(C(=O)C2CN(C)CCO2)CC1. The minimum atomic E-state index is -0.234. The van der Waals surface area contributed by atoms with E-state index < -0.39 is 0 Å². The summed E-state index contributed by atoms with van der Waals surface area (Å²) in [6.07, 6.45) is 4.58. The average Bonchev–Trinajstić information content (AvgIpc) is 2.63. The van der Waals surface area contributed by atoms with Gasteiger partial charge in [0.2, 0.25) is 0 Å². The third-order valence-electron chi connectivity index (χ3n) is 4.28. The molecule has 0 spiro atoms. The summed E-state index contributed by atoms with van der Waals surface area (Å²) in [6, 6.07) is 0.